The molecule has 1 aliphatic heterocycles. The van der Waals surface area contributed by atoms with Gasteiger partial charge in [-0.2, -0.15) is 0 Å². The number of rotatable bonds is 7. The number of esters is 1. The Kier molecular flexibility index (Phi) is 6.84. The second-order valence-electron chi connectivity index (χ2n) is 6.60. The van der Waals surface area contributed by atoms with Crippen LogP contribution in [0.25, 0.3) is 0 Å². The summed E-state index contributed by atoms with van der Waals surface area (Å²) in [5, 5.41) is 5.69. The summed E-state index contributed by atoms with van der Waals surface area (Å²) in [4.78, 5) is 25.1. The normalized spacial score (nSPS) is 15.9. The predicted octanol–water partition coefficient (Wildman–Crippen LogP) is 4.12. The molecule has 0 aromatic heterocycles. The zero-order valence-electron chi connectivity index (χ0n) is 17.0. The first-order valence-electron chi connectivity index (χ1n) is 9.44. The minimum absolute atomic E-state index is 0.116. The van der Waals surface area contributed by atoms with Crippen molar-refractivity contribution in [1.82, 2.24) is 10.6 Å². The number of benzene rings is 2. The molecule has 2 aromatic carbocycles. The van der Waals surface area contributed by atoms with Gasteiger partial charge in [0.05, 0.1) is 30.4 Å². The molecule has 2 N–H and O–H groups in total. The molecule has 8 heteroatoms. The molecule has 158 valence electrons. The van der Waals surface area contributed by atoms with Crippen LogP contribution in [0.5, 0.6) is 11.5 Å². The molecular weight excluding hydrogens is 408 g/mol. The van der Waals surface area contributed by atoms with Crippen LogP contribution in [-0.4, -0.2) is 25.7 Å². The smallest absolute Gasteiger partial charge is 0.338 e. The second kappa shape index (κ2) is 9.54. The van der Waals surface area contributed by atoms with E-state index in [-0.39, 0.29) is 12.2 Å². The van der Waals surface area contributed by atoms with Crippen LogP contribution in [-0.2, 0) is 16.1 Å². The number of hydrogen-bond acceptors (Lipinski definition) is 5. The summed E-state index contributed by atoms with van der Waals surface area (Å²) in [6, 6.07) is 11.5. The summed E-state index contributed by atoms with van der Waals surface area (Å²) < 4.78 is 16.4. The number of urea groups is 1. The van der Waals surface area contributed by atoms with E-state index in [9.17, 15) is 9.59 Å². The first-order valence-corrected chi connectivity index (χ1v) is 9.82. The lowest BCUT2D eigenvalue weighted by molar-refractivity contribution is -0.140. The topological polar surface area (TPSA) is 85.9 Å². The van der Waals surface area contributed by atoms with E-state index in [1.54, 1.807) is 19.1 Å². The van der Waals surface area contributed by atoms with Crippen molar-refractivity contribution in [2.45, 2.75) is 26.5 Å². The highest BCUT2D eigenvalue weighted by Gasteiger charge is 2.33. The highest BCUT2D eigenvalue weighted by atomic mass is 35.5. The van der Waals surface area contributed by atoms with E-state index >= 15 is 0 Å². The number of amides is 2. The summed E-state index contributed by atoms with van der Waals surface area (Å²) in [5.74, 6) is 0.264. The Hall–Kier alpha value is -3.19. The van der Waals surface area contributed by atoms with Crippen molar-refractivity contribution in [3.05, 3.63) is 69.9 Å². The molecule has 1 atom stereocenters. The molecule has 2 amide bonds. The molecule has 7 nitrogen and oxygen atoms in total. The zero-order chi connectivity index (χ0) is 21.7. The Morgan fingerprint density at radius 2 is 1.93 bits per heavy atom. The van der Waals surface area contributed by atoms with Crippen LogP contribution in [0.4, 0.5) is 4.79 Å². The second-order valence-corrected chi connectivity index (χ2v) is 7.01. The fourth-order valence-electron chi connectivity index (χ4n) is 3.23. The molecule has 30 heavy (non-hydrogen) atoms. The third-order valence-corrected chi connectivity index (χ3v) is 4.85. The molecule has 1 aliphatic rings. The third-order valence-electron chi connectivity index (χ3n) is 4.57. The van der Waals surface area contributed by atoms with Gasteiger partial charge in [-0.15, -0.1) is 0 Å². The lowest BCUT2D eigenvalue weighted by Gasteiger charge is -2.28. The van der Waals surface area contributed by atoms with Crippen LogP contribution in [0.3, 0.4) is 0 Å². The molecule has 0 radical (unpaired) electrons. The molecule has 0 bridgehead atoms. The number of carbonyl (C=O) groups excluding carboxylic acids is 2. The van der Waals surface area contributed by atoms with Gasteiger partial charge in [-0.1, -0.05) is 41.9 Å². The molecule has 2 aromatic rings. The average molecular weight is 431 g/mol. The van der Waals surface area contributed by atoms with E-state index in [4.69, 9.17) is 25.8 Å². The third kappa shape index (κ3) is 4.68. The highest BCUT2D eigenvalue weighted by Crippen LogP contribution is 2.40. The van der Waals surface area contributed by atoms with Gasteiger partial charge in [-0.05, 0) is 37.1 Å². The number of allylic oxidation sites excluding steroid dienone is 1. The zero-order valence-corrected chi connectivity index (χ0v) is 17.7. The van der Waals surface area contributed by atoms with Gasteiger partial charge in [-0.3, -0.25) is 0 Å². The molecule has 0 aliphatic carbocycles. The Labute approximate surface area is 180 Å². The number of carbonyl (C=O) groups is 2. The molecule has 1 unspecified atom stereocenters. The van der Waals surface area contributed by atoms with E-state index in [1.165, 1.54) is 7.11 Å². The number of nitrogens with one attached hydrogen (secondary N) is 2. The van der Waals surface area contributed by atoms with Crippen molar-refractivity contribution < 1.29 is 23.8 Å². The van der Waals surface area contributed by atoms with Crippen molar-refractivity contribution in [1.29, 1.82) is 0 Å². The van der Waals surface area contributed by atoms with E-state index in [0.29, 0.717) is 34.4 Å². The monoisotopic (exact) mass is 430 g/mol. The summed E-state index contributed by atoms with van der Waals surface area (Å²) >= 11 is 6.37. The van der Waals surface area contributed by atoms with Crippen molar-refractivity contribution in [3.8, 4) is 11.5 Å². The Morgan fingerprint density at radius 1 is 1.20 bits per heavy atom. The van der Waals surface area contributed by atoms with Crippen LogP contribution in [0, 0.1) is 0 Å². The molecule has 0 saturated heterocycles. The number of hydrogen-bond donors (Lipinski definition) is 2. The largest absolute Gasteiger partial charge is 0.491 e. The fourth-order valence-corrected chi connectivity index (χ4v) is 3.53. The van der Waals surface area contributed by atoms with Gasteiger partial charge in [0.25, 0.3) is 0 Å². The SMILES string of the molecule is CCOc1cc(C2NC(=O)NC(C)=C2C(=O)OCc2ccccc2)cc(Cl)c1OC. The minimum atomic E-state index is -0.760. The average Bonchev–Trinajstić information content (AvgIpc) is 2.72. The van der Waals surface area contributed by atoms with Crippen molar-refractivity contribution in [2.24, 2.45) is 0 Å². The first kappa shape index (κ1) is 21.5. The summed E-state index contributed by atoms with van der Waals surface area (Å²) in [7, 11) is 1.49. The van der Waals surface area contributed by atoms with Crippen molar-refractivity contribution >= 4 is 23.6 Å². The van der Waals surface area contributed by atoms with Crippen molar-refractivity contribution in [2.75, 3.05) is 13.7 Å². The van der Waals surface area contributed by atoms with E-state index in [2.05, 4.69) is 10.6 Å². The Morgan fingerprint density at radius 3 is 2.60 bits per heavy atom. The van der Waals surface area contributed by atoms with Gasteiger partial charge in [0.1, 0.15) is 6.61 Å². The van der Waals surface area contributed by atoms with Gasteiger partial charge < -0.3 is 24.8 Å². The first-order chi connectivity index (χ1) is 14.4. The Bertz CT molecular complexity index is 975. The van der Waals surface area contributed by atoms with Gasteiger partial charge >= 0.3 is 12.0 Å². The van der Waals surface area contributed by atoms with Crippen LogP contribution in [0.1, 0.15) is 31.0 Å². The molecule has 0 saturated carbocycles. The predicted molar refractivity (Wildman–Crippen MR) is 113 cm³/mol. The van der Waals surface area contributed by atoms with Gasteiger partial charge in [0, 0.05) is 5.70 Å². The van der Waals surface area contributed by atoms with Gasteiger partial charge in [0.15, 0.2) is 11.5 Å². The van der Waals surface area contributed by atoms with Crippen LogP contribution >= 0.6 is 11.6 Å². The maximum atomic E-state index is 12.9. The minimum Gasteiger partial charge on any atom is -0.491 e. The van der Waals surface area contributed by atoms with Crippen LogP contribution in [0.15, 0.2) is 53.7 Å². The molecule has 3 rings (SSSR count). The number of ether oxygens (including phenoxy) is 3. The van der Waals surface area contributed by atoms with E-state index < -0.39 is 18.0 Å². The quantitative estimate of drug-likeness (QED) is 0.645. The summed E-state index contributed by atoms with van der Waals surface area (Å²) in [5.41, 5.74) is 2.13. The summed E-state index contributed by atoms with van der Waals surface area (Å²) in [6.45, 7) is 4.00. The molecule has 0 fully saturated rings. The Balaban J connectivity index is 1.94. The highest BCUT2D eigenvalue weighted by molar-refractivity contribution is 6.32. The van der Waals surface area contributed by atoms with E-state index in [0.717, 1.165) is 5.56 Å². The lowest BCUT2D eigenvalue weighted by Crippen LogP contribution is -2.45. The van der Waals surface area contributed by atoms with E-state index in [1.807, 2.05) is 37.3 Å². The van der Waals surface area contributed by atoms with Crippen LogP contribution < -0.4 is 20.1 Å². The van der Waals surface area contributed by atoms with Gasteiger partial charge in [0.2, 0.25) is 0 Å². The maximum Gasteiger partial charge on any atom is 0.338 e. The number of halogens is 1. The van der Waals surface area contributed by atoms with Crippen LogP contribution in [0.2, 0.25) is 5.02 Å². The van der Waals surface area contributed by atoms with Crippen molar-refractivity contribution in [3.63, 3.8) is 0 Å². The molecule has 0 spiro atoms. The molecular formula is C22H23ClN2O5. The summed E-state index contributed by atoms with van der Waals surface area (Å²) in [6.07, 6.45) is 0. The maximum absolute atomic E-state index is 12.9. The lowest BCUT2D eigenvalue weighted by atomic mass is 9.95. The number of methoxy groups -OCH3 is 1. The standard InChI is InChI=1S/C22H23ClN2O5/c1-4-29-17-11-15(10-16(23)20(17)28-3)19-18(13(2)24-22(27)25-19)21(26)30-12-14-8-6-5-7-9-14/h5-11,19H,4,12H2,1-3H3,(H2,24,25,27). The molecule has 1 heterocycles. The van der Waals surface area contributed by atoms with Gasteiger partial charge in [-0.25, -0.2) is 9.59 Å². The fraction of sp³-hybridized carbons (Fsp3) is 0.273.